The van der Waals surface area contributed by atoms with Gasteiger partial charge in [-0.1, -0.05) is 6.92 Å². The molecule has 1 heteroatoms. The third kappa shape index (κ3) is 0.857. The van der Waals surface area contributed by atoms with Crippen LogP contribution < -0.4 is 0 Å². The highest BCUT2D eigenvalue weighted by molar-refractivity contribution is 4.94. The summed E-state index contributed by atoms with van der Waals surface area (Å²) >= 11 is 0. The molecule has 1 aliphatic heterocycles. The standard InChI is InChI=1S/C7H12O/c1-3-7(2)5-4-6-8-7/h4,6H,3,5H2,1-2H3. The van der Waals surface area contributed by atoms with Gasteiger partial charge in [-0.3, -0.25) is 0 Å². The molecule has 0 aromatic rings. The summed E-state index contributed by atoms with van der Waals surface area (Å²) in [4.78, 5) is 0. The fourth-order valence-electron chi connectivity index (χ4n) is 0.786. The topological polar surface area (TPSA) is 9.23 Å². The van der Waals surface area contributed by atoms with E-state index in [1.165, 1.54) is 0 Å². The molecule has 0 aliphatic carbocycles. The summed E-state index contributed by atoms with van der Waals surface area (Å²) in [5.74, 6) is 0. The van der Waals surface area contributed by atoms with Gasteiger partial charge in [0.15, 0.2) is 0 Å². The number of ether oxygens (including phenoxy) is 1. The molecule has 1 rings (SSSR count). The molecule has 0 N–H and O–H groups in total. The van der Waals surface area contributed by atoms with E-state index in [9.17, 15) is 0 Å². The maximum absolute atomic E-state index is 5.31. The van der Waals surface area contributed by atoms with Crippen molar-refractivity contribution in [3.63, 3.8) is 0 Å². The van der Waals surface area contributed by atoms with Crippen LogP contribution in [-0.4, -0.2) is 5.60 Å². The van der Waals surface area contributed by atoms with Crippen molar-refractivity contribution in [1.29, 1.82) is 0 Å². The molecule has 1 nitrogen and oxygen atoms in total. The third-order valence-corrected chi connectivity index (χ3v) is 1.75. The van der Waals surface area contributed by atoms with Crippen LogP contribution in [0.4, 0.5) is 0 Å². The first kappa shape index (κ1) is 5.67. The third-order valence-electron chi connectivity index (χ3n) is 1.75. The molecule has 1 unspecified atom stereocenters. The number of rotatable bonds is 1. The summed E-state index contributed by atoms with van der Waals surface area (Å²) in [5.41, 5.74) is 0.125. The van der Waals surface area contributed by atoms with Crippen molar-refractivity contribution < 1.29 is 4.74 Å². The summed E-state index contributed by atoms with van der Waals surface area (Å²) in [6.45, 7) is 4.28. The van der Waals surface area contributed by atoms with Crippen LogP contribution in [0.5, 0.6) is 0 Å². The van der Waals surface area contributed by atoms with Crippen LogP contribution in [0, 0.1) is 0 Å². The lowest BCUT2D eigenvalue weighted by atomic mass is 10.0. The van der Waals surface area contributed by atoms with Crippen molar-refractivity contribution in [1.82, 2.24) is 0 Å². The lowest BCUT2D eigenvalue weighted by molar-refractivity contribution is 0.0597. The summed E-state index contributed by atoms with van der Waals surface area (Å²) in [7, 11) is 0. The van der Waals surface area contributed by atoms with Crippen LogP contribution >= 0.6 is 0 Å². The van der Waals surface area contributed by atoms with Crippen molar-refractivity contribution in [2.75, 3.05) is 0 Å². The molecule has 0 spiro atoms. The molecule has 0 radical (unpaired) electrons. The molecule has 0 amide bonds. The normalized spacial score (nSPS) is 35.2. The van der Waals surface area contributed by atoms with E-state index in [0.29, 0.717) is 0 Å². The second kappa shape index (κ2) is 1.81. The predicted molar refractivity (Wildman–Crippen MR) is 33.5 cm³/mol. The van der Waals surface area contributed by atoms with Crippen molar-refractivity contribution in [2.24, 2.45) is 0 Å². The average molecular weight is 112 g/mol. The average Bonchev–Trinajstić information content (AvgIpc) is 2.17. The van der Waals surface area contributed by atoms with Crippen LogP contribution in [0.15, 0.2) is 12.3 Å². The van der Waals surface area contributed by atoms with Crippen LogP contribution in [-0.2, 0) is 4.74 Å². The first-order chi connectivity index (χ1) is 3.77. The quantitative estimate of drug-likeness (QED) is 0.504. The molecule has 0 bridgehead atoms. The highest BCUT2D eigenvalue weighted by Gasteiger charge is 2.23. The number of hydrogen-bond donors (Lipinski definition) is 0. The van der Waals surface area contributed by atoms with Crippen LogP contribution in [0.25, 0.3) is 0 Å². The van der Waals surface area contributed by atoms with Gasteiger partial charge in [0.05, 0.1) is 6.26 Å². The van der Waals surface area contributed by atoms with Gasteiger partial charge in [0, 0.05) is 6.42 Å². The molecular formula is C7H12O. The second-order valence-corrected chi connectivity index (χ2v) is 2.50. The minimum absolute atomic E-state index is 0.125. The van der Waals surface area contributed by atoms with E-state index in [1.54, 1.807) is 6.26 Å². The van der Waals surface area contributed by atoms with E-state index in [4.69, 9.17) is 4.74 Å². The molecule has 8 heavy (non-hydrogen) atoms. The fourth-order valence-corrected chi connectivity index (χ4v) is 0.786. The van der Waals surface area contributed by atoms with Gasteiger partial charge in [-0.2, -0.15) is 0 Å². The van der Waals surface area contributed by atoms with Gasteiger partial charge in [0.2, 0.25) is 0 Å². The van der Waals surface area contributed by atoms with Crippen LogP contribution in [0.3, 0.4) is 0 Å². The Balaban J connectivity index is 2.46. The van der Waals surface area contributed by atoms with Gasteiger partial charge in [0.25, 0.3) is 0 Å². The van der Waals surface area contributed by atoms with Gasteiger partial charge < -0.3 is 4.74 Å². The Morgan fingerprint density at radius 3 is 2.75 bits per heavy atom. The minimum Gasteiger partial charge on any atom is -0.495 e. The summed E-state index contributed by atoms with van der Waals surface area (Å²) < 4.78 is 5.31. The Labute approximate surface area is 50.3 Å². The molecule has 0 saturated heterocycles. The first-order valence-electron chi connectivity index (χ1n) is 3.10. The van der Waals surface area contributed by atoms with E-state index >= 15 is 0 Å². The summed E-state index contributed by atoms with van der Waals surface area (Å²) in [5, 5.41) is 0. The summed E-state index contributed by atoms with van der Waals surface area (Å²) in [6.07, 6.45) is 6.04. The maximum atomic E-state index is 5.31. The van der Waals surface area contributed by atoms with E-state index in [0.717, 1.165) is 12.8 Å². The largest absolute Gasteiger partial charge is 0.495 e. The van der Waals surface area contributed by atoms with Crippen molar-refractivity contribution in [3.05, 3.63) is 12.3 Å². The Bertz CT molecular complexity index is 97.0. The van der Waals surface area contributed by atoms with Crippen molar-refractivity contribution in [3.8, 4) is 0 Å². The zero-order valence-electron chi connectivity index (χ0n) is 5.48. The van der Waals surface area contributed by atoms with E-state index in [2.05, 4.69) is 19.9 Å². The Morgan fingerprint density at radius 2 is 2.50 bits per heavy atom. The molecule has 0 saturated carbocycles. The maximum Gasteiger partial charge on any atom is 0.109 e. The van der Waals surface area contributed by atoms with Crippen molar-refractivity contribution >= 4 is 0 Å². The molecule has 1 heterocycles. The Kier molecular flexibility index (Phi) is 1.28. The fraction of sp³-hybridized carbons (Fsp3) is 0.714. The smallest absolute Gasteiger partial charge is 0.109 e. The van der Waals surface area contributed by atoms with Crippen LogP contribution in [0.2, 0.25) is 0 Å². The number of hydrogen-bond acceptors (Lipinski definition) is 1. The monoisotopic (exact) mass is 112 g/mol. The van der Waals surface area contributed by atoms with E-state index in [1.807, 2.05) is 0 Å². The summed E-state index contributed by atoms with van der Waals surface area (Å²) in [6, 6.07) is 0. The van der Waals surface area contributed by atoms with Crippen LogP contribution in [0.1, 0.15) is 26.7 Å². The van der Waals surface area contributed by atoms with Crippen molar-refractivity contribution in [2.45, 2.75) is 32.3 Å². The first-order valence-corrected chi connectivity index (χ1v) is 3.10. The minimum atomic E-state index is 0.125. The Hall–Kier alpha value is -0.460. The predicted octanol–water partition coefficient (Wildman–Crippen LogP) is 2.09. The zero-order chi connectivity index (χ0) is 6.04. The molecule has 0 aromatic heterocycles. The van der Waals surface area contributed by atoms with Gasteiger partial charge in [-0.05, 0) is 19.4 Å². The zero-order valence-corrected chi connectivity index (χ0v) is 5.48. The van der Waals surface area contributed by atoms with E-state index in [-0.39, 0.29) is 5.60 Å². The van der Waals surface area contributed by atoms with Gasteiger partial charge in [-0.25, -0.2) is 0 Å². The molecule has 46 valence electrons. The Morgan fingerprint density at radius 1 is 1.75 bits per heavy atom. The van der Waals surface area contributed by atoms with Gasteiger partial charge in [0.1, 0.15) is 5.60 Å². The lowest BCUT2D eigenvalue weighted by Gasteiger charge is -2.20. The SMILES string of the molecule is CCC1(C)CC=CO1. The molecule has 0 fully saturated rings. The highest BCUT2D eigenvalue weighted by atomic mass is 16.5. The molecule has 0 aromatic carbocycles. The van der Waals surface area contributed by atoms with Gasteiger partial charge in [-0.15, -0.1) is 0 Å². The van der Waals surface area contributed by atoms with E-state index < -0.39 is 0 Å². The molecular weight excluding hydrogens is 100 g/mol. The highest BCUT2D eigenvalue weighted by Crippen LogP contribution is 2.25. The molecule has 1 aliphatic rings. The lowest BCUT2D eigenvalue weighted by Crippen LogP contribution is -2.20. The second-order valence-electron chi connectivity index (χ2n) is 2.50. The van der Waals surface area contributed by atoms with Gasteiger partial charge >= 0.3 is 0 Å². The molecule has 1 atom stereocenters.